The van der Waals surface area contributed by atoms with Crippen LogP contribution < -0.4 is 20.1 Å². The van der Waals surface area contributed by atoms with E-state index in [0.717, 1.165) is 30.8 Å². The van der Waals surface area contributed by atoms with E-state index in [1.165, 1.54) is 0 Å². The van der Waals surface area contributed by atoms with Crippen molar-refractivity contribution in [2.24, 2.45) is 0 Å². The molecule has 0 bridgehead atoms. The number of hydrogen-bond donors (Lipinski definition) is 2. The van der Waals surface area contributed by atoms with Crippen molar-refractivity contribution in [2.45, 2.75) is 13.0 Å². The van der Waals surface area contributed by atoms with Gasteiger partial charge >= 0.3 is 0 Å². The Hall–Kier alpha value is -2.80. The van der Waals surface area contributed by atoms with Crippen molar-refractivity contribution in [3.63, 3.8) is 0 Å². The van der Waals surface area contributed by atoms with E-state index < -0.39 is 0 Å². The van der Waals surface area contributed by atoms with Crippen LogP contribution in [0.25, 0.3) is 0 Å². The summed E-state index contributed by atoms with van der Waals surface area (Å²) >= 11 is 0. The minimum Gasteiger partial charge on any atom is -0.454 e. The smallest absolute Gasteiger partial charge is 0.251 e. The number of carbonyl (C=O) groups excluding carboxylic acids is 1. The number of hydrogen-bond acceptors (Lipinski definition) is 6. The standard InChI is InChI=1S/C19H24N4O3/c1-23(2)9-3-7-20-18-11-15(6-8-21-18)19(24)22-12-14-4-5-16-17(10-14)26-13-25-16/h4-6,8,10-11H,3,7,9,12-13H2,1-2H3,(H,20,21)(H,22,24). The molecule has 1 aromatic carbocycles. The molecule has 2 heterocycles. The number of nitrogens with one attached hydrogen (secondary N) is 2. The van der Waals surface area contributed by atoms with Gasteiger partial charge in [0, 0.05) is 24.8 Å². The largest absolute Gasteiger partial charge is 0.454 e. The highest BCUT2D eigenvalue weighted by atomic mass is 16.7. The molecule has 26 heavy (non-hydrogen) atoms. The third-order valence-electron chi connectivity index (χ3n) is 4.00. The van der Waals surface area contributed by atoms with Crippen LogP contribution in [0.4, 0.5) is 5.82 Å². The number of aromatic nitrogens is 1. The SMILES string of the molecule is CN(C)CCCNc1cc(C(=O)NCc2ccc3c(c2)OCO3)ccn1. The van der Waals surface area contributed by atoms with Gasteiger partial charge in [0.25, 0.3) is 5.91 Å². The molecule has 2 N–H and O–H groups in total. The Morgan fingerprint density at radius 2 is 2.04 bits per heavy atom. The second-order valence-corrected chi connectivity index (χ2v) is 6.38. The van der Waals surface area contributed by atoms with Crippen LogP contribution >= 0.6 is 0 Å². The average molecular weight is 356 g/mol. The van der Waals surface area contributed by atoms with E-state index >= 15 is 0 Å². The first-order valence-electron chi connectivity index (χ1n) is 8.63. The van der Waals surface area contributed by atoms with Crippen molar-refractivity contribution in [2.75, 3.05) is 39.3 Å². The number of fused-ring (bicyclic) bond motifs is 1. The number of amides is 1. The number of rotatable bonds is 8. The molecule has 3 rings (SSSR count). The molecule has 0 saturated heterocycles. The van der Waals surface area contributed by atoms with Gasteiger partial charge in [0.1, 0.15) is 5.82 Å². The van der Waals surface area contributed by atoms with E-state index in [0.29, 0.717) is 23.7 Å². The van der Waals surface area contributed by atoms with Crippen LogP contribution in [0.2, 0.25) is 0 Å². The summed E-state index contributed by atoms with van der Waals surface area (Å²) in [6, 6.07) is 9.13. The number of carbonyl (C=O) groups is 1. The molecule has 0 fully saturated rings. The zero-order valence-electron chi connectivity index (χ0n) is 15.1. The van der Waals surface area contributed by atoms with E-state index in [9.17, 15) is 4.79 Å². The minimum absolute atomic E-state index is 0.138. The first kappa shape index (κ1) is 18.0. The molecule has 0 atom stereocenters. The van der Waals surface area contributed by atoms with Crippen molar-refractivity contribution < 1.29 is 14.3 Å². The van der Waals surface area contributed by atoms with Gasteiger partial charge in [-0.2, -0.15) is 0 Å². The van der Waals surface area contributed by atoms with Crippen LogP contribution in [-0.2, 0) is 6.54 Å². The molecule has 1 aliphatic rings. The molecular weight excluding hydrogens is 332 g/mol. The molecule has 1 amide bonds. The van der Waals surface area contributed by atoms with E-state index in [2.05, 4.69) is 20.5 Å². The van der Waals surface area contributed by atoms with Gasteiger partial charge in [0.15, 0.2) is 11.5 Å². The molecule has 7 nitrogen and oxygen atoms in total. The minimum atomic E-state index is -0.138. The normalized spacial score (nSPS) is 12.3. The van der Waals surface area contributed by atoms with E-state index in [1.54, 1.807) is 18.3 Å². The van der Waals surface area contributed by atoms with Crippen LogP contribution in [-0.4, -0.2) is 49.8 Å². The first-order valence-corrected chi connectivity index (χ1v) is 8.63. The number of benzene rings is 1. The van der Waals surface area contributed by atoms with Crippen molar-refractivity contribution >= 4 is 11.7 Å². The molecule has 0 spiro atoms. The molecule has 0 radical (unpaired) electrons. The highest BCUT2D eigenvalue weighted by molar-refractivity contribution is 5.94. The van der Waals surface area contributed by atoms with Crippen LogP contribution in [0.5, 0.6) is 11.5 Å². The number of ether oxygens (including phenoxy) is 2. The maximum absolute atomic E-state index is 12.4. The molecule has 0 unspecified atom stereocenters. The Morgan fingerprint density at radius 3 is 2.88 bits per heavy atom. The Kier molecular flexibility index (Phi) is 5.91. The second kappa shape index (κ2) is 8.53. The topological polar surface area (TPSA) is 75.7 Å². The molecule has 2 aromatic rings. The molecule has 138 valence electrons. The lowest BCUT2D eigenvalue weighted by Gasteiger charge is -2.11. The monoisotopic (exact) mass is 356 g/mol. The van der Waals surface area contributed by atoms with Gasteiger partial charge in [-0.3, -0.25) is 4.79 Å². The Labute approximate surface area is 153 Å². The maximum atomic E-state index is 12.4. The lowest BCUT2D eigenvalue weighted by atomic mass is 10.2. The fraction of sp³-hybridized carbons (Fsp3) is 0.368. The first-order chi connectivity index (χ1) is 12.6. The number of anilines is 1. The number of pyridine rings is 1. The van der Waals surface area contributed by atoms with Crippen LogP contribution in [0, 0.1) is 0 Å². The van der Waals surface area contributed by atoms with Gasteiger partial charge in [0.2, 0.25) is 6.79 Å². The van der Waals surface area contributed by atoms with Gasteiger partial charge in [-0.15, -0.1) is 0 Å². The van der Waals surface area contributed by atoms with Gasteiger partial charge < -0.3 is 25.0 Å². The summed E-state index contributed by atoms with van der Waals surface area (Å²) in [5.41, 5.74) is 1.54. The molecule has 0 aliphatic carbocycles. The third-order valence-corrected chi connectivity index (χ3v) is 4.00. The highest BCUT2D eigenvalue weighted by Gasteiger charge is 2.14. The lowest BCUT2D eigenvalue weighted by molar-refractivity contribution is 0.0950. The van der Waals surface area contributed by atoms with Crippen LogP contribution in [0.1, 0.15) is 22.3 Å². The van der Waals surface area contributed by atoms with Gasteiger partial charge in [-0.25, -0.2) is 4.98 Å². The molecular formula is C19H24N4O3. The average Bonchev–Trinajstić information content (AvgIpc) is 3.11. The Bertz CT molecular complexity index is 764. The van der Waals surface area contributed by atoms with Gasteiger partial charge in [0.05, 0.1) is 0 Å². The summed E-state index contributed by atoms with van der Waals surface area (Å²) in [7, 11) is 4.09. The van der Waals surface area contributed by atoms with E-state index in [1.807, 2.05) is 32.3 Å². The van der Waals surface area contributed by atoms with Crippen LogP contribution in [0.3, 0.4) is 0 Å². The summed E-state index contributed by atoms with van der Waals surface area (Å²) in [4.78, 5) is 18.8. The zero-order chi connectivity index (χ0) is 18.4. The highest BCUT2D eigenvalue weighted by Crippen LogP contribution is 2.32. The maximum Gasteiger partial charge on any atom is 0.251 e. The fourth-order valence-corrected chi connectivity index (χ4v) is 2.62. The van der Waals surface area contributed by atoms with Crippen molar-refractivity contribution in [1.29, 1.82) is 0 Å². The zero-order valence-corrected chi connectivity index (χ0v) is 15.1. The molecule has 1 aromatic heterocycles. The summed E-state index contributed by atoms with van der Waals surface area (Å²) in [5.74, 6) is 2.02. The van der Waals surface area contributed by atoms with Crippen molar-refractivity contribution in [3.8, 4) is 11.5 Å². The Morgan fingerprint density at radius 1 is 1.19 bits per heavy atom. The lowest BCUT2D eigenvalue weighted by Crippen LogP contribution is -2.23. The Balaban J connectivity index is 1.52. The van der Waals surface area contributed by atoms with E-state index in [4.69, 9.17) is 9.47 Å². The van der Waals surface area contributed by atoms with E-state index in [-0.39, 0.29) is 12.7 Å². The quantitative estimate of drug-likeness (QED) is 0.706. The summed E-state index contributed by atoms with van der Waals surface area (Å²) in [6.45, 7) is 2.48. The number of nitrogens with zero attached hydrogens (tertiary/aromatic N) is 2. The van der Waals surface area contributed by atoms with Crippen LogP contribution in [0.15, 0.2) is 36.5 Å². The van der Waals surface area contributed by atoms with Gasteiger partial charge in [-0.05, 0) is 56.9 Å². The summed E-state index contributed by atoms with van der Waals surface area (Å²) < 4.78 is 10.6. The fourth-order valence-electron chi connectivity index (χ4n) is 2.62. The van der Waals surface area contributed by atoms with Gasteiger partial charge in [-0.1, -0.05) is 6.07 Å². The predicted octanol–water partition coefficient (Wildman–Crippen LogP) is 2.10. The summed E-state index contributed by atoms with van der Waals surface area (Å²) in [5, 5.41) is 6.17. The molecule has 7 heteroatoms. The molecule has 1 aliphatic heterocycles. The van der Waals surface area contributed by atoms with Crippen molar-refractivity contribution in [1.82, 2.24) is 15.2 Å². The molecule has 0 saturated carbocycles. The van der Waals surface area contributed by atoms with Crippen molar-refractivity contribution in [3.05, 3.63) is 47.7 Å². The second-order valence-electron chi connectivity index (χ2n) is 6.38. The predicted molar refractivity (Wildman–Crippen MR) is 99.6 cm³/mol. The third kappa shape index (κ3) is 4.86. The summed E-state index contributed by atoms with van der Waals surface area (Å²) in [6.07, 6.45) is 2.65.